The van der Waals surface area contributed by atoms with E-state index in [2.05, 4.69) is 20.9 Å². The summed E-state index contributed by atoms with van der Waals surface area (Å²) in [6.45, 7) is 1.33. The average molecular weight is 328 g/mol. The second kappa shape index (κ2) is 7.29. The highest BCUT2D eigenvalue weighted by Gasteiger charge is 2.17. The number of carbonyl (C=O) groups is 1. The highest BCUT2D eigenvalue weighted by molar-refractivity contribution is 5.93. The SMILES string of the molecule is COCCn1c(Nc2ccc(C(=O)NO)cc2)nc2c1CCC=C2. The summed E-state index contributed by atoms with van der Waals surface area (Å²) in [5.41, 5.74) is 5.00. The maximum atomic E-state index is 11.4. The molecule has 0 unspecified atom stereocenters. The van der Waals surface area contributed by atoms with Crippen LogP contribution in [-0.2, 0) is 17.7 Å². The fourth-order valence-corrected chi connectivity index (χ4v) is 2.73. The molecule has 1 aliphatic rings. The molecule has 0 fully saturated rings. The first-order chi connectivity index (χ1) is 11.7. The van der Waals surface area contributed by atoms with Crippen LogP contribution in [0.1, 0.15) is 28.2 Å². The summed E-state index contributed by atoms with van der Waals surface area (Å²) in [6.07, 6.45) is 6.14. The van der Waals surface area contributed by atoms with E-state index < -0.39 is 5.91 Å². The Balaban J connectivity index is 1.85. The van der Waals surface area contributed by atoms with Gasteiger partial charge in [0.15, 0.2) is 0 Å². The molecule has 3 N–H and O–H groups in total. The lowest BCUT2D eigenvalue weighted by atomic mass is 10.1. The number of nitrogens with zero attached hydrogens (tertiary/aromatic N) is 2. The van der Waals surface area contributed by atoms with Crippen molar-refractivity contribution < 1.29 is 14.7 Å². The summed E-state index contributed by atoms with van der Waals surface area (Å²) in [5, 5.41) is 11.9. The Morgan fingerprint density at radius 3 is 2.88 bits per heavy atom. The van der Waals surface area contributed by atoms with Gasteiger partial charge in [0.05, 0.1) is 12.3 Å². The number of fused-ring (bicyclic) bond motifs is 1. The molecule has 0 atom stereocenters. The fraction of sp³-hybridized carbons (Fsp3) is 0.294. The number of hydrogen-bond acceptors (Lipinski definition) is 5. The molecule has 3 rings (SSSR count). The summed E-state index contributed by atoms with van der Waals surface area (Å²) in [6, 6.07) is 6.82. The van der Waals surface area contributed by atoms with Gasteiger partial charge in [-0.25, -0.2) is 10.5 Å². The number of methoxy groups -OCH3 is 1. The smallest absolute Gasteiger partial charge is 0.274 e. The summed E-state index contributed by atoms with van der Waals surface area (Å²) in [4.78, 5) is 16.0. The number of carbonyl (C=O) groups excluding carboxylic acids is 1. The first kappa shape index (κ1) is 16.2. The molecule has 0 bridgehead atoms. The van der Waals surface area contributed by atoms with E-state index in [1.807, 2.05) is 6.08 Å². The van der Waals surface area contributed by atoms with Crippen LogP contribution in [0.15, 0.2) is 30.3 Å². The van der Waals surface area contributed by atoms with Crippen molar-refractivity contribution in [2.75, 3.05) is 19.0 Å². The van der Waals surface area contributed by atoms with Crippen molar-refractivity contribution in [1.82, 2.24) is 15.0 Å². The third-order valence-electron chi connectivity index (χ3n) is 3.95. The lowest BCUT2D eigenvalue weighted by molar-refractivity contribution is 0.0706. The maximum absolute atomic E-state index is 11.4. The Morgan fingerprint density at radius 2 is 2.17 bits per heavy atom. The van der Waals surface area contributed by atoms with E-state index in [1.165, 1.54) is 5.69 Å². The molecule has 7 nitrogen and oxygen atoms in total. The first-order valence-electron chi connectivity index (χ1n) is 7.79. The van der Waals surface area contributed by atoms with Gasteiger partial charge in [-0.2, -0.15) is 0 Å². The number of benzene rings is 1. The molecule has 1 heterocycles. The maximum Gasteiger partial charge on any atom is 0.274 e. The highest BCUT2D eigenvalue weighted by Crippen LogP contribution is 2.25. The molecular formula is C17H20N4O3. The molecule has 1 aromatic carbocycles. The number of hydroxylamine groups is 1. The number of anilines is 2. The lowest BCUT2D eigenvalue weighted by Gasteiger charge is -2.13. The number of imidazole rings is 1. The van der Waals surface area contributed by atoms with Gasteiger partial charge in [-0.3, -0.25) is 10.0 Å². The topological polar surface area (TPSA) is 88.4 Å². The summed E-state index contributed by atoms with van der Waals surface area (Å²) >= 11 is 0. The predicted octanol–water partition coefficient (Wildman–Crippen LogP) is 2.35. The number of amides is 1. The largest absolute Gasteiger partial charge is 0.383 e. The van der Waals surface area contributed by atoms with Crippen molar-refractivity contribution in [3.63, 3.8) is 0 Å². The Bertz CT molecular complexity index is 750. The molecule has 0 saturated carbocycles. The van der Waals surface area contributed by atoms with E-state index in [0.29, 0.717) is 12.2 Å². The molecule has 1 aliphatic carbocycles. The van der Waals surface area contributed by atoms with Crippen LogP contribution in [0.3, 0.4) is 0 Å². The lowest BCUT2D eigenvalue weighted by Crippen LogP contribution is -2.18. The van der Waals surface area contributed by atoms with Gasteiger partial charge in [0.25, 0.3) is 5.91 Å². The van der Waals surface area contributed by atoms with Crippen molar-refractivity contribution in [2.24, 2.45) is 0 Å². The van der Waals surface area contributed by atoms with E-state index >= 15 is 0 Å². The molecule has 2 aromatic rings. The quantitative estimate of drug-likeness (QED) is 0.559. The van der Waals surface area contributed by atoms with Gasteiger partial charge in [-0.1, -0.05) is 6.08 Å². The average Bonchev–Trinajstić information content (AvgIpc) is 2.97. The third-order valence-corrected chi connectivity index (χ3v) is 3.95. The second-order valence-electron chi connectivity index (χ2n) is 5.50. The van der Waals surface area contributed by atoms with Crippen LogP contribution >= 0.6 is 0 Å². The second-order valence-corrected chi connectivity index (χ2v) is 5.50. The van der Waals surface area contributed by atoms with Crippen molar-refractivity contribution in [3.8, 4) is 0 Å². The van der Waals surface area contributed by atoms with Crippen molar-refractivity contribution in [2.45, 2.75) is 19.4 Å². The van der Waals surface area contributed by atoms with E-state index in [-0.39, 0.29) is 0 Å². The normalized spacial score (nSPS) is 12.8. The highest BCUT2D eigenvalue weighted by atomic mass is 16.5. The zero-order chi connectivity index (χ0) is 16.9. The number of ether oxygens (including phenoxy) is 1. The molecule has 0 aliphatic heterocycles. The van der Waals surface area contributed by atoms with Crippen molar-refractivity contribution in [3.05, 3.63) is 47.3 Å². The van der Waals surface area contributed by atoms with Crippen LogP contribution in [0.5, 0.6) is 0 Å². The van der Waals surface area contributed by atoms with Gasteiger partial charge < -0.3 is 14.6 Å². The van der Waals surface area contributed by atoms with Crippen LogP contribution in [0.2, 0.25) is 0 Å². The third kappa shape index (κ3) is 3.32. The Morgan fingerprint density at radius 1 is 1.38 bits per heavy atom. The summed E-state index contributed by atoms with van der Waals surface area (Å²) in [7, 11) is 1.68. The minimum atomic E-state index is -0.538. The van der Waals surface area contributed by atoms with Gasteiger partial charge in [0, 0.05) is 30.6 Å². The predicted molar refractivity (Wildman–Crippen MR) is 90.4 cm³/mol. The first-order valence-corrected chi connectivity index (χ1v) is 7.79. The fourth-order valence-electron chi connectivity index (χ4n) is 2.73. The van der Waals surface area contributed by atoms with Crippen molar-refractivity contribution in [1.29, 1.82) is 0 Å². The molecule has 126 valence electrons. The standard InChI is InChI=1S/C17H20N4O3/c1-24-11-10-21-15-5-3-2-4-14(15)19-17(21)18-13-8-6-12(7-9-13)16(22)20-23/h2,4,6-9,23H,3,5,10-11H2,1H3,(H,18,19)(H,20,22). The molecule has 0 spiro atoms. The zero-order valence-electron chi connectivity index (χ0n) is 13.5. The van der Waals surface area contributed by atoms with Gasteiger partial charge >= 0.3 is 0 Å². The molecule has 1 aromatic heterocycles. The van der Waals surface area contributed by atoms with E-state index in [4.69, 9.17) is 9.94 Å². The van der Waals surface area contributed by atoms with Crippen LogP contribution in [-0.4, -0.2) is 34.4 Å². The van der Waals surface area contributed by atoms with Crippen LogP contribution < -0.4 is 10.8 Å². The number of rotatable bonds is 6. The van der Waals surface area contributed by atoms with Crippen LogP contribution in [0, 0.1) is 0 Å². The van der Waals surface area contributed by atoms with Gasteiger partial charge in [-0.05, 0) is 43.2 Å². The van der Waals surface area contributed by atoms with E-state index in [9.17, 15) is 4.79 Å². The van der Waals surface area contributed by atoms with Crippen molar-refractivity contribution >= 4 is 23.6 Å². The Hall–Kier alpha value is -2.64. The molecular weight excluding hydrogens is 308 g/mol. The number of allylic oxidation sites excluding steroid dienone is 1. The summed E-state index contributed by atoms with van der Waals surface area (Å²) in [5.74, 6) is 0.215. The van der Waals surface area contributed by atoms with Gasteiger partial charge in [-0.15, -0.1) is 0 Å². The zero-order valence-corrected chi connectivity index (χ0v) is 13.5. The van der Waals surface area contributed by atoms with E-state index in [1.54, 1.807) is 36.9 Å². The number of nitrogens with one attached hydrogen (secondary N) is 2. The monoisotopic (exact) mass is 328 g/mol. The Labute approximate surface area is 139 Å². The molecule has 1 amide bonds. The van der Waals surface area contributed by atoms with Crippen LogP contribution in [0.4, 0.5) is 11.6 Å². The van der Waals surface area contributed by atoms with E-state index in [0.717, 1.165) is 36.7 Å². The minimum Gasteiger partial charge on any atom is -0.383 e. The van der Waals surface area contributed by atoms with Gasteiger partial charge in [0.1, 0.15) is 0 Å². The number of aromatic nitrogens is 2. The van der Waals surface area contributed by atoms with Gasteiger partial charge in [0.2, 0.25) is 5.95 Å². The number of hydrogen-bond donors (Lipinski definition) is 3. The summed E-state index contributed by atoms with van der Waals surface area (Å²) < 4.78 is 7.34. The Kier molecular flexibility index (Phi) is 4.93. The molecule has 24 heavy (non-hydrogen) atoms. The molecule has 0 radical (unpaired) electrons. The minimum absolute atomic E-state index is 0.382. The van der Waals surface area contributed by atoms with Crippen LogP contribution in [0.25, 0.3) is 6.08 Å². The molecule has 7 heteroatoms. The molecule has 0 saturated heterocycles.